The molecule has 0 aromatic rings. The van der Waals surface area contributed by atoms with Gasteiger partial charge in [-0.1, -0.05) is 46.5 Å². The maximum absolute atomic E-state index is 11.6. The number of unbranched alkanes of at least 4 members (excludes halogenated alkanes) is 1. The first-order valence-corrected chi connectivity index (χ1v) is 6.82. The number of amides is 2. The van der Waals surface area contributed by atoms with Crippen LogP contribution in [0.25, 0.3) is 0 Å². The molecular formula is C13H26N2O3. The summed E-state index contributed by atoms with van der Waals surface area (Å²) in [6.45, 7) is 6.75. The average Bonchev–Trinajstić information content (AvgIpc) is 2.35. The van der Waals surface area contributed by atoms with E-state index in [1.807, 2.05) is 6.92 Å². The maximum atomic E-state index is 11.6. The van der Waals surface area contributed by atoms with E-state index in [9.17, 15) is 9.59 Å². The molecule has 1 unspecified atom stereocenters. The molecule has 106 valence electrons. The first-order chi connectivity index (χ1) is 8.54. The summed E-state index contributed by atoms with van der Waals surface area (Å²) in [5.74, 6) is -0.518. The lowest BCUT2D eigenvalue weighted by atomic mass is 10.0. The van der Waals surface area contributed by atoms with Crippen molar-refractivity contribution in [2.75, 3.05) is 6.54 Å². The SMILES string of the molecule is CCCCC(NC(=O)NCC(CC)CC)C(=O)O. The van der Waals surface area contributed by atoms with Gasteiger partial charge in [-0.3, -0.25) is 0 Å². The van der Waals surface area contributed by atoms with Crippen LogP contribution in [0.5, 0.6) is 0 Å². The molecule has 0 spiro atoms. The second kappa shape index (κ2) is 9.74. The minimum atomic E-state index is -0.971. The Morgan fingerprint density at radius 1 is 1.17 bits per heavy atom. The summed E-state index contributed by atoms with van der Waals surface area (Å²) in [5, 5.41) is 14.2. The van der Waals surface area contributed by atoms with Gasteiger partial charge >= 0.3 is 12.0 Å². The monoisotopic (exact) mass is 258 g/mol. The Bertz CT molecular complexity index is 253. The second-order valence-electron chi connectivity index (χ2n) is 4.57. The predicted octanol–water partition coefficient (Wildman–Crippen LogP) is 2.37. The molecule has 0 aromatic carbocycles. The number of carboxylic acid groups (broad SMARTS) is 1. The summed E-state index contributed by atoms with van der Waals surface area (Å²) < 4.78 is 0. The zero-order chi connectivity index (χ0) is 14.0. The van der Waals surface area contributed by atoms with E-state index in [-0.39, 0.29) is 6.03 Å². The zero-order valence-electron chi connectivity index (χ0n) is 11.7. The van der Waals surface area contributed by atoms with Crippen molar-refractivity contribution >= 4 is 12.0 Å². The van der Waals surface area contributed by atoms with Crippen LogP contribution in [0.15, 0.2) is 0 Å². The maximum Gasteiger partial charge on any atom is 0.326 e. The molecule has 2 amide bonds. The van der Waals surface area contributed by atoms with Gasteiger partial charge in [0, 0.05) is 6.54 Å². The normalized spacial score (nSPS) is 12.2. The van der Waals surface area contributed by atoms with Crippen molar-refractivity contribution in [2.45, 2.75) is 58.9 Å². The Kier molecular flexibility index (Phi) is 9.06. The number of carbonyl (C=O) groups excluding carboxylic acids is 1. The number of nitrogens with one attached hydrogen (secondary N) is 2. The van der Waals surface area contributed by atoms with Gasteiger partial charge in [0.15, 0.2) is 0 Å². The van der Waals surface area contributed by atoms with Gasteiger partial charge in [-0.05, 0) is 12.3 Å². The molecule has 5 nitrogen and oxygen atoms in total. The number of carboxylic acids is 1. The fourth-order valence-corrected chi connectivity index (χ4v) is 1.69. The fraction of sp³-hybridized carbons (Fsp3) is 0.846. The van der Waals surface area contributed by atoms with E-state index in [0.717, 1.165) is 25.7 Å². The lowest BCUT2D eigenvalue weighted by Crippen LogP contribution is -2.47. The minimum absolute atomic E-state index is 0.384. The summed E-state index contributed by atoms with van der Waals surface area (Å²) in [6.07, 6.45) is 4.21. The summed E-state index contributed by atoms with van der Waals surface area (Å²) in [6, 6.07) is -1.17. The van der Waals surface area contributed by atoms with Crippen LogP contribution >= 0.6 is 0 Å². The van der Waals surface area contributed by atoms with Crippen molar-refractivity contribution in [1.82, 2.24) is 10.6 Å². The third kappa shape index (κ3) is 7.14. The van der Waals surface area contributed by atoms with E-state index >= 15 is 0 Å². The van der Waals surface area contributed by atoms with Crippen LogP contribution in [0.3, 0.4) is 0 Å². The van der Waals surface area contributed by atoms with E-state index in [1.165, 1.54) is 0 Å². The van der Waals surface area contributed by atoms with Crippen LogP contribution in [0.2, 0.25) is 0 Å². The van der Waals surface area contributed by atoms with E-state index in [2.05, 4.69) is 24.5 Å². The smallest absolute Gasteiger partial charge is 0.326 e. The predicted molar refractivity (Wildman–Crippen MR) is 71.6 cm³/mol. The lowest BCUT2D eigenvalue weighted by molar-refractivity contribution is -0.139. The molecule has 0 fully saturated rings. The molecule has 18 heavy (non-hydrogen) atoms. The Morgan fingerprint density at radius 3 is 2.22 bits per heavy atom. The molecule has 0 saturated carbocycles. The molecular weight excluding hydrogens is 232 g/mol. The Balaban J connectivity index is 4.05. The molecule has 0 bridgehead atoms. The molecule has 0 saturated heterocycles. The summed E-state index contributed by atoms with van der Waals surface area (Å²) >= 11 is 0. The number of hydrogen-bond acceptors (Lipinski definition) is 2. The molecule has 0 aliphatic carbocycles. The molecule has 0 rings (SSSR count). The second-order valence-corrected chi connectivity index (χ2v) is 4.57. The van der Waals surface area contributed by atoms with Crippen molar-refractivity contribution in [3.63, 3.8) is 0 Å². The summed E-state index contributed by atoms with van der Waals surface area (Å²) in [4.78, 5) is 22.5. The van der Waals surface area contributed by atoms with Gasteiger partial charge in [0.25, 0.3) is 0 Å². The highest BCUT2D eigenvalue weighted by molar-refractivity contribution is 5.82. The lowest BCUT2D eigenvalue weighted by Gasteiger charge is -2.17. The Morgan fingerprint density at radius 2 is 1.78 bits per heavy atom. The van der Waals surface area contributed by atoms with E-state index < -0.39 is 12.0 Å². The van der Waals surface area contributed by atoms with Gasteiger partial charge in [-0.25, -0.2) is 9.59 Å². The zero-order valence-corrected chi connectivity index (χ0v) is 11.7. The highest BCUT2D eigenvalue weighted by Gasteiger charge is 2.19. The molecule has 0 radical (unpaired) electrons. The van der Waals surface area contributed by atoms with Gasteiger partial charge in [-0.2, -0.15) is 0 Å². The third-order valence-corrected chi connectivity index (χ3v) is 3.16. The molecule has 3 N–H and O–H groups in total. The van der Waals surface area contributed by atoms with Crippen LogP contribution in [0.1, 0.15) is 52.9 Å². The van der Waals surface area contributed by atoms with Crippen LogP contribution in [-0.2, 0) is 4.79 Å². The molecule has 1 atom stereocenters. The van der Waals surface area contributed by atoms with Crippen LogP contribution < -0.4 is 10.6 Å². The van der Waals surface area contributed by atoms with Crippen molar-refractivity contribution in [3.05, 3.63) is 0 Å². The van der Waals surface area contributed by atoms with E-state index in [1.54, 1.807) is 0 Å². The number of aliphatic carboxylic acids is 1. The molecule has 0 heterocycles. The summed E-state index contributed by atoms with van der Waals surface area (Å²) in [5.41, 5.74) is 0. The van der Waals surface area contributed by atoms with Crippen molar-refractivity contribution in [2.24, 2.45) is 5.92 Å². The van der Waals surface area contributed by atoms with Crippen LogP contribution in [0, 0.1) is 5.92 Å². The van der Waals surface area contributed by atoms with Gasteiger partial charge in [0.1, 0.15) is 6.04 Å². The van der Waals surface area contributed by atoms with Crippen molar-refractivity contribution in [1.29, 1.82) is 0 Å². The first kappa shape index (κ1) is 16.7. The van der Waals surface area contributed by atoms with Gasteiger partial charge in [0.2, 0.25) is 0 Å². The fourth-order valence-electron chi connectivity index (χ4n) is 1.69. The average molecular weight is 258 g/mol. The van der Waals surface area contributed by atoms with Crippen LogP contribution in [0.4, 0.5) is 4.79 Å². The van der Waals surface area contributed by atoms with E-state index in [4.69, 9.17) is 5.11 Å². The highest BCUT2D eigenvalue weighted by Crippen LogP contribution is 2.05. The third-order valence-electron chi connectivity index (χ3n) is 3.16. The largest absolute Gasteiger partial charge is 0.480 e. The first-order valence-electron chi connectivity index (χ1n) is 6.82. The Hall–Kier alpha value is -1.26. The Labute approximate surface area is 109 Å². The van der Waals surface area contributed by atoms with Gasteiger partial charge in [-0.15, -0.1) is 0 Å². The molecule has 0 aromatic heterocycles. The molecule has 0 aliphatic heterocycles. The van der Waals surface area contributed by atoms with Crippen molar-refractivity contribution < 1.29 is 14.7 Å². The minimum Gasteiger partial charge on any atom is -0.480 e. The van der Waals surface area contributed by atoms with Gasteiger partial charge < -0.3 is 15.7 Å². The number of rotatable bonds is 9. The number of hydrogen-bond donors (Lipinski definition) is 3. The van der Waals surface area contributed by atoms with E-state index in [0.29, 0.717) is 18.9 Å². The molecule has 5 heteroatoms. The highest BCUT2D eigenvalue weighted by atomic mass is 16.4. The van der Waals surface area contributed by atoms with Crippen molar-refractivity contribution in [3.8, 4) is 0 Å². The number of urea groups is 1. The topological polar surface area (TPSA) is 78.4 Å². The van der Waals surface area contributed by atoms with Gasteiger partial charge in [0.05, 0.1) is 0 Å². The standard InChI is InChI=1S/C13H26N2O3/c1-4-7-8-11(12(16)17)15-13(18)14-9-10(5-2)6-3/h10-11H,4-9H2,1-3H3,(H,16,17)(H2,14,15,18). The molecule has 0 aliphatic rings. The van der Waals surface area contributed by atoms with Crippen LogP contribution in [-0.4, -0.2) is 29.7 Å². The number of carbonyl (C=O) groups is 2. The summed E-state index contributed by atoms with van der Waals surface area (Å²) in [7, 11) is 0. The quantitative estimate of drug-likeness (QED) is 0.594.